The maximum atomic E-state index is 12.8. The number of methoxy groups -OCH3 is 1. The van der Waals surface area contributed by atoms with Crippen LogP contribution in [0.5, 0.6) is 5.75 Å². The molecule has 0 saturated heterocycles. The molecule has 2 aromatic carbocycles. The molecule has 1 atom stereocenters. The lowest BCUT2D eigenvalue weighted by Crippen LogP contribution is -2.31. The molecule has 1 N–H and O–H groups in total. The Hall–Kier alpha value is -3.41. The number of imidazole rings is 1. The zero-order valence-corrected chi connectivity index (χ0v) is 18.3. The number of carbonyl (C=O) groups excluding carboxylic acids is 2. The van der Waals surface area contributed by atoms with E-state index in [1.165, 1.54) is 5.56 Å². The van der Waals surface area contributed by atoms with Crippen molar-refractivity contribution >= 4 is 11.7 Å². The monoisotopic (exact) mass is 419 g/mol. The zero-order chi connectivity index (χ0) is 22.2. The molecule has 6 heteroatoms. The van der Waals surface area contributed by atoms with Crippen molar-refractivity contribution in [3.63, 3.8) is 0 Å². The fraction of sp³-hybridized carbons (Fsp3) is 0.320. The third-order valence-electron chi connectivity index (χ3n) is 5.27. The summed E-state index contributed by atoms with van der Waals surface area (Å²) in [6.07, 6.45) is 5.83. The second-order valence-corrected chi connectivity index (χ2v) is 7.51. The number of hydrogen-bond donors (Lipinski definition) is 1. The van der Waals surface area contributed by atoms with Crippen molar-refractivity contribution in [1.29, 1.82) is 0 Å². The van der Waals surface area contributed by atoms with Gasteiger partial charge in [-0.2, -0.15) is 0 Å². The number of ether oxygens (including phenoxy) is 1. The van der Waals surface area contributed by atoms with Gasteiger partial charge in [0.25, 0.3) is 0 Å². The van der Waals surface area contributed by atoms with Gasteiger partial charge in [-0.3, -0.25) is 9.59 Å². The van der Waals surface area contributed by atoms with Crippen LogP contribution in [0.2, 0.25) is 0 Å². The summed E-state index contributed by atoms with van der Waals surface area (Å²) in [5, 5.41) is 3.03. The van der Waals surface area contributed by atoms with Crippen LogP contribution in [0.4, 0.5) is 0 Å². The van der Waals surface area contributed by atoms with E-state index in [-0.39, 0.29) is 24.5 Å². The van der Waals surface area contributed by atoms with Gasteiger partial charge in [0, 0.05) is 43.4 Å². The number of carbonyl (C=O) groups is 2. The number of hydrogen-bond acceptors (Lipinski definition) is 4. The highest BCUT2D eigenvalue weighted by Gasteiger charge is 2.24. The fourth-order valence-electron chi connectivity index (χ4n) is 3.59. The Kier molecular flexibility index (Phi) is 7.60. The van der Waals surface area contributed by atoms with Gasteiger partial charge in [0.2, 0.25) is 5.91 Å². The number of aromatic nitrogens is 2. The largest absolute Gasteiger partial charge is 0.496 e. The average molecular weight is 420 g/mol. The molecule has 0 fully saturated rings. The van der Waals surface area contributed by atoms with E-state index < -0.39 is 6.04 Å². The lowest BCUT2D eigenvalue weighted by molar-refractivity contribution is -0.121. The van der Waals surface area contributed by atoms with Crippen molar-refractivity contribution in [2.75, 3.05) is 7.11 Å². The third kappa shape index (κ3) is 5.60. The number of ketones is 1. The summed E-state index contributed by atoms with van der Waals surface area (Å²) in [7, 11) is 3.48. The van der Waals surface area contributed by atoms with E-state index in [4.69, 9.17) is 4.74 Å². The predicted molar refractivity (Wildman–Crippen MR) is 120 cm³/mol. The van der Waals surface area contributed by atoms with Crippen LogP contribution in [-0.2, 0) is 18.3 Å². The molecule has 0 radical (unpaired) electrons. The Morgan fingerprint density at radius 2 is 1.84 bits per heavy atom. The summed E-state index contributed by atoms with van der Waals surface area (Å²) in [5.74, 6) is 1.11. The third-order valence-corrected chi connectivity index (χ3v) is 5.27. The van der Waals surface area contributed by atoms with Crippen molar-refractivity contribution in [2.45, 2.75) is 38.6 Å². The molecule has 1 heterocycles. The number of aryl methyl sites for hydroxylation is 2. The van der Waals surface area contributed by atoms with E-state index in [9.17, 15) is 9.59 Å². The van der Waals surface area contributed by atoms with Crippen LogP contribution in [0.15, 0.2) is 60.9 Å². The van der Waals surface area contributed by atoms with E-state index in [0.717, 1.165) is 18.4 Å². The summed E-state index contributed by atoms with van der Waals surface area (Å²) in [6.45, 7) is 2.13. The first kappa shape index (κ1) is 22.3. The second-order valence-electron chi connectivity index (χ2n) is 7.51. The maximum absolute atomic E-state index is 12.8. The zero-order valence-electron chi connectivity index (χ0n) is 18.3. The van der Waals surface area contributed by atoms with Crippen molar-refractivity contribution < 1.29 is 14.3 Å². The Morgan fingerprint density at radius 1 is 1.10 bits per heavy atom. The van der Waals surface area contributed by atoms with Gasteiger partial charge in [0.1, 0.15) is 17.6 Å². The number of para-hydroxylation sites is 1. The molecule has 1 unspecified atom stereocenters. The molecular formula is C25H29N3O3. The topological polar surface area (TPSA) is 73.2 Å². The van der Waals surface area contributed by atoms with Crippen molar-refractivity contribution in [3.8, 4) is 5.75 Å². The minimum absolute atomic E-state index is 0.0379. The lowest BCUT2D eigenvalue weighted by atomic mass is 10.0. The van der Waals surface area contributed by atoms with Crippen molar-refractivity contribution in [2.24, 2.45) is 7.05 Å². The summed E-state index contributed by atoms with van der Waals surface area (Å²) < 4.78 is 7.35. The molecule has 3 aromatic rings. The summed E-state index contributed by atoms with van der Waals surface area (Å²) >= 11 is 0. The van der Waals surface area contributed by atoms with E-state index in [2.05, 4.69) is 17.2 Å². The average Bonchev–Trinajstić information content (AvgIpc) is 3.22. The smallest absolute Gasteiger partial charge is 0.221 e. The summed E-state index contributed by atoms with van der Waals surface area (Å²) in [4.78, 5) is 29.7. The molecule has 0 bridgehead atoms. The highest BCUT2D eigenvalue weighted by molar-refractivity contribution is 5.98. The number of rotatable bonds is 10. The molecular weight excluding hydrogens is 390 g/mol. The molecule has 31 heavy (non-hydrogen) atoms. The molecule has 0 aliphatic carbocycles. The standard InChI is InChI=1S/C25H29N3O3/c1-4-7-18-10-12-19(13-11-18)21(29)14-15-23(30)27-24(25-26-16-17-28(25)2)20-8-5-6-9-22(20)31-3/h5-6,8-13,16-17,24H,4,7,14-15H2,1-3H3,(H,27,30). The molecule has 1 amide bonds. The van der Waals surface area contributed by atoms with E-state index in [1.54, 1.807) is 13.3 Å². The molecule has 3 rings (SSSR count). The highest BCUT2D eigenvalue weighted by Crippen LogP contribution is 2.29. The predicted octanol–water partition coefficient (Wildman–Crippen LogP) is 4.25. The van der Waals surface area contributed by atoms with Gasteiger partial charge in [0.05, 0.1) is 7.11 Å². The van der Waals surface area contributed by atoms with Crippen LogP contribution < -0.4 is 10.1 Å². The number of Topliss-reactive ketones (excluding diaryl/α,β-unsaturated/α-hetero) is 1. The van der Waals surface area contributed by atoms with Gasteiger partial charge in [-0.1, -0.05) is 55.8 Å². The van der Waals surface area contributed by atoms with E-state index >= 15 is 0 Å². The molecule has 1 aromatic heterocycles. The molecule has 0 aliphatic heterocycles. The number of amides is 1. The van der Waals surface area contributed by atoms with Crippen LogP contribution >= 0.6 is 0 Å². The Bertz CT molecular complexity index is 1020. The van der Waals surface area contributed by atoms with Crippen LogP contribution in [0.3, 0.4) is 0 Å². The molecule has 0 aliphatic rings. The number of nitrogens with one attached hydrogen (secondary N) is 1. The minimum Gasteiger partial charge on any atom is -0.496 e. The van der Waals surface area contributed by atoms with Gasteiger partial charge < -0.3 is 14.6 Å². The van der Waals surface area contributed by atoms with Gasteiger partial charge >= 0.3 is 0 Å². The van der Waals surface area contributed by atoms with Crippen molar-refractivity contribution in [1.82, 2.24) is 14.9 Å². The van der Waals surface area contributed by atoms with E-state index in [0.29, 0.717) is 17.1 Å². The van der Waals surface area contributed by atoms with Crippen LogP contribution in [0.1, 0.15) is 59.5 Å². The van der Waals surface area contributed by atoms with Gasteiger partial charge in [-0.05, 0) is 18.1 Å². The van der Waals surface area contributed by atoms with E-state index in [1.807, 2.05) is 66.3 Å². The second kappa shape index (κ2) is 10.6. The van der Waals surface area contributed by atoms with Gasteiger partial charge in [-0.25, -0.2) is 4.98 Å². The summed E-state index contributed by atoms with van der Waals surface area (Å²) in [5.41, 5.74) is 2.66. The first-order chi connectivity index (χ1) is 15.0. The number of nitrogens with zero attached hydrogens (tertiary/aromatic N) is 2. The highest BCUT2D eigenvalue weighted by atomic mass is 16.5. The van der Waals surface area contributed by atoms with Crippen LogP contribution in [0, 0.1) is 0 Å². The van der Waals surface area contributed by atoms with Crippen LogP contribution in [-0.4, -0.2) is 28.4 Å². The van der Waals surface area contributed by atoms with Gasteiger partial charge in [-0.15, -0.1) is 0 Å². The summed E-state index contributed by atoms with van der Waals surface area (Å²) in [6, 6.07) is 14.7. The molecule has 162 valence electrons. The maximum Gasteiger partial charge on any atom is 0.221 e. The quantitative estimate of drug-likeness (QED) is 0.499. The fourth-order valence-corrected chi connectivity index (χ4v) is 3.59. The molecule has 0 spiro atoms. The first-order valence-electron chi connectivity index (χ1n) is 10.5. The molecule has 6 nitrogen and oxygen atoms in total. The number of benzene rings is 2. The SMILES string of the molecule is CCCc1ccc(C(=O)CCC(=O)NC(c2ccccc2OC)c2nccn2C)cc1. The Labute approximate surface area is 183 Å². The Balaban J connectivity index is 1.69. The van der Waals surface area contributed by atoms with Crippen molar-refractivity contribution in [3.05, 3.63) is 83.4 Å². The molecule has 0 saturated carbocycles. The first-order valence-corrected chi connectivity index (χ1v) is 10.5. The lowest BCUT2D eigenvalue weighted by Gasteiger charge is -2.21. The minimum atomic E-state index is -0.480. The van der Waals surface area contributed by atoms with Gasteiger partial charge in [0.15, 0.2) is 5.78 Å². The van der Waals surface area contributed by atoms with Crippen LogP contribution in [0.25, 0.3) is 0 Å². The Morgan fingerprint density at radius 3 is 2.48 bits per heavy atom. The normalized spacial score (nSPS) is 11.7.